The van der Waals surface area contributed by atoms with Crippen molar-refractivity contribution in [2.24, 2.45) is 0 Å². The molecule has 180 valence electrons. The molecule has 0 aliphatic rings. The lowest BCUT2D eigenvalue weighted by atomic mass is 9.75. The first-order valence-electron chi connectivity index (χ1n) is 10.1. The highest BCUT2D eigenvalue weighted by Gasteiger charge is 2.53. The fourth-order valence-electron chi connectivity index (χ4n) is 3.75. The Morgan fingerprint density at radius 1 is 0.794 bits per heavy atom. The largest absolute Gasteiger partial charge is 0.412 e. The standard InChI is InChI=1S/C25H23F3N4.2H2O/c1-15-12-21-22(13-16(15)2)30-14-31-23(21)32-20-10-6-18(7-11-20)24(3,25(26,27)28)17-4-8-19(29)9-5-17;;/h4-14H,29H2,1-3H3,(H,30,31,32);2*1H2. The molecule has 6 nitrogen and oxygen atoms in total. The van der Waals surface area contributed by atoms with Gasteiger partial charge in [0.05, 0.1) is 5.52 Å². The third-order valence-corrected chi connectivity index (χ3v) is 6.03. The number of nitrogens with zero attached hydrogens (tertiary/aromatic N) is 2. The molecule has 0 aliphatic carbocycles. The normalized spacial score (nSPS) is 12.9. The van der Waals surface area contributed by atoms with Crippen LogP contribution in [-0.2, 0) is 5.41 Å². The summed E-state index contributed by atoms with van der Waals surface area (Å²) in [5, 5.41) is 4.06. The van der Waals surface area contributed by atoms with Crippen LogP contribution >= 0.6 is 0 Å². The van der Waals surface area contributed by atoms with Gasteiger partial charge in [-0.2, -0.15) is 13.2 Å². The molecule has 0 amide bonds. The lowest BCUT2D eigenvalue weighted by molar-refractivity contribution is -0.173. The summed E-state index contributed by atoms with van der Waals surface area (Å²) < 4.78 is 42.6. The number of aryl methyl sites for hydroxylation is 2. The van der Waals surface area contributed by atoms with Crippen molar-refractivity contribution in [3.05, 3.63) is 89.2 Å². The van der Waals surface area contributed by atoms with Gasteiger partial charge in [0.1, 0.15) is 17.6 Å². The van der Waals surface area contributed by atoms with Gasteiger partial charge in [0, 0.05) is 16.8 Å². The number of fused-ring (bicyclic) bond motifs is 1. The summed E-state index contributed by atoms with van der Waals surface area (Å²) in [6, 6.07) is 16.1. The number of aromatic nitrogens is 2. The van der Waals surface area contributed by atoms with Crippen molar-refractivity contribution in [3.63, 3.8) is 0 Å². The molecule has 0 saturated heterocycles. The van der Waals surface area contributed by atoms with Gasteiger partial charge in [0.2, 0.25) is 0 Å². The number of rotatable bonds is 4. The number of halogens is 3. The Hall–Kier alpha value is -3.69. The number of hydrogen-bond acceptors (Lipinski definition) is 4. The maximum absolute atomic E-state index is 14.2. The molecule has 0 bridgehead atoms. The van der Waals surface area contributed by atoms with Gasteiger partial charge in [-0.1, -0.05) is 24.3 Å². The Labute approximate surface area is 195 Å². The summed E-state index contributed by atoms with van der Waals surface area (Å²) >= 11 is 0. The zero-order valence-electron chi connectivity index (χ0n) is 19.0. The van der Waals surface area contributed by atoms with Crippen LogP contribution in [0.25, 0.3) is 10.9 Å². The number of nitrogen functional groups attached to an aromatic ring is 1. The zero-order chi connectivity index (χ0) is 23.1. The highest BCUT2D eigenvalue weighted by Crippen LogP contribution is 2.46. The molecule has 3 aromatic carbocycles. The van der Waals surface area contributed by atoms with Crippen LogP contribution in [0.2, 0.25) is 0 Å². The predicted octanol–water partition coefficient (Wildman–Crippen LogP) is 4.79. The van der Waals surface area contributed by atoms with Crippen molar-refractivity contribution < 1.29 is 24.1 Å². The zero-order valence-corrected chi connectivity index (χ0v) is 19.0. The third-order valence-electron chi connectivity index (χ3n) is 6.03. The minimum absolute atomic E-state index is 0. The van der Waals surface area contributed by atoms with Gasteiger partial charge < -0.3 is 22.0 Å². The SMILES string of the molecule is Cc1cc2ncnc(Nc3ccc(C(C)(c4ccc(N)cc4)C(F)(F)F)cc3)c2cc1C.O.O. The van der Waals surface area contributed by atoms with E-state index < -0.39 is 11.6 Å². The minimum Gasteiger partial charge on any atom is -0.412 e. The van der Waals surface area contributed by atoms with Crippen molar-refractivity contribution in [2.45, 2.75) is 32.4 Å². The Balaban J connectivity index is 0.00000204. The minimum atomic E-state index is -4.49. The molecule has 1 aromatic heterocycles. The Kier molecular flexibility index (Phi) is 7.55. The van der Waals surface area contributed by atoms with E-state index in [0.717, 1.165) is 22.0 Å². The average molecular weight is 473 g/mol. The monoisotopic (exact) mass is 472 g/mol. The van der Waals surface area contributed by atoms with Gasteiger partial charge in [-0.3, -0.25) is 0 Å². The first-order chi connectivity index (χ1) is 15.1. The van der Waals surface area contributed by atoms with Gasteiger partial charge in [0.15, 0.2) is 0 Å². The van der Waals surface area contributed by atoms with E-state index in [2.05, 4.69) is 15.3 Å². The maximum atomic E-state index is 14.2. The van der Waals surface area contributed by atoms with Crippen LogP contribution in [0.1, 0.15) is 29.2 Å². The second kappa shape index (κ2) is 9.66. The van der Waals surface area contributed by atoms with E-state index in [0.29, 0.717) is 17.2 Å². The Morgan fingerprint density at radius 3 is 1.88 bits per heavy atom. The van der Waals surface area contributed by atoms with Crippen LogP contribution in [-0.4, -0.2) is 27.1 Å². The highest BCUT2D eigenvalue weighted by molar-refractivity contribution is 5.91. The van der Waals surface area contributed by atoms with Gasteiger partial charge in [-0.15, -0.1) is 0 Å². The van der Waals surface area contributed by atoms with Crippen LogP contribution < -0.4 is 11.1 Å². The molecule has 1 unspecified atom stereocenters. The maximum Gasteiger partial charge on any atom is 0.402 e. The van der Waals surface area contributed by atoms with Gasteiger partial charge >= 0.3 is 6.18 Å². The van der Waals surface area contributed by atoms with E-state index in [9.17, 15) is 13.2 Å². The van der Waals surface area contributed by atoms with Crippen LogP contribution in [0, 0.1) is 13.8 Å². The lowest BCUT2D eigenvalue weighted by Crippen LogP contribution is -2.40. The fourth-order valence-corrected chi connectivity index (χ4v) is 3.75. The first-order valence-corrected chi connectivity index (χ1v) is 10.1. The second-order valence-corrected chi connectivity index (χ2v) is 8.12. The van der Waals surface area contributed by atoms with Gasteiger partial charge in [-0.25, -0.2) is 9.97 Å². The van der Waals surface area contributed by atoms with E-state index >= 15 is 0 Å². The molecule has 4 aromatic rings. The highest BCUT2D eigenvalue weighted by atomic mass is 19.4. The molecule has 0 fully saturated rings. The molecule has 7 N–H and O–H groups in total. The lowest BCUT2D eigenvalue weighted by Gasteiger charge is -2.33. The second-order valence-electron chi connectivity index (χ2n) is 8.12. The van der Waals surface area contributed by atoms with Crippen molar-refractivity contribution in [3.8, 4) is 0 Å². The molecule has 0 saturated carbocycles. The quantitative estimate of drug-likeness (QED) is 0.414. The molecule has 1 heterocycles. The molecule has 1 atom stereocenters. The molecule has 0 radical (unpaired) electrons. The molecule has 4 rings (SSSR count). The molecule has 0 aliphatic heterocycles. The average Bonchev–Trinajstić information content (AvgIpc) is 2.75. The number of anilines is 3. The van der Waals surface area contributed by atoms with E-state index in [4.69, 9.17) is 5.73 Å². The van der Waals surface area contributed by atoms with Gasteiger partial charge in [0.25, 0.3) is 0 Å². The van der Waals surface area contributed by atoms with Crippen molar-refractivity contribution in [2.75, 3.05) is 11.1 Å². The molecular formula is C25H27F3N4O2. The number of benzene rings is 3. The van der Waals surface area contributed by atoms with Crippen molar-refractivity contribution in [1.29, 1.82) is 0 Å². The van der Waals surface area contributed by atoms with Crippen LogP contribution in [0.5, 0.6) is 0 Å². The first kappa shape index (κ1) is 26.6. The summed E-state index contributed by atoms with van der Waals surface area (Å²) in [7, 11) is 0. The van der Waals surface area contributed by atoms with Crippen LogP contribution in [0.3, 0.4) is 0 Å². The Morgan fingerprint density at radius 2 is 1.32 bits per heavy atom. The van der Waals surface area contributed by atoms with Crippen LogP contribution in [0.4, 0.5) is 30.4 Å². The van der Waals surface area contributed by atoms with Gasteiger partial charge in [-0.05, 0) is 79.4 Å². The van der Waals surface area contributed by atoms with E-state index in [1.807, 2.05) is 26.0 Å². The number of alkyl halides is 3. The van der Waals surface area contributed by atoms with E-state index in [-0.39, 0.29) is 22.1 Å². The third kappa shape index (κ3) is 4.66. The van der Waals surface area contributed by atoms with Crippen LogP contribution in [0.15, 0.2) is 67.0 Å². The number of nitrogens with one attached hydrogen (secondary N) is 1. The van der Waals surface area contributed by atoms with E-state index in [1.165, 1.54) is 49.6 Å². The van der Waals surface area contributed by atoms with E-state index in [1.54, 1.807) is 12.1 Å². The topological polar surface area (TPSA) is 127 Å². The summed E-state index contributed by atoms with van der Waals surface area (Å²) in [4.78, 5) is 8.64. The summed E-state index contributed by atoms with van der Waals surface area (Å²) in [6.45, 7) is 5.21. The molecule has 9 heteroatoms. The summed E-state index contributed by atoms with van der Waals surface area (Å²) in [6.07, 6.45) is -3.02. The van der Waals surface area contributed by atoms with Crippen molar-refractivity contribution in [1.82, 2.24) is 9.97 Å². The summed E-state index contributed by atoms with van der Waals surface area (Å²) in [5.41, 5.74) is 7.85. The van der Waals surface area contributed by atoms with Crippen molar-refractivity contribution >= 4 is 28.1 Å². The molecular weight excluding hydrogens is 445 g/mol. The molecule has 34 heavy (non-hydrogen) atoms. The number of nitrogens with two attached hydrogens (primary N) is 1. The molecule has 0 spiro atoms. The smallest absolute Gasteiger partial charge is 0.402 e. The fraction of sp³-hybridized carbons (Fsp3) is 0.200. The predicted molar refractivity (Wildman–Crippen MR) is 129 cm³/mol. The summed E-state index contributed by atoms with van der Waals surface area (Å²) in [5.74, 6) is 0.600. The Bertz CT molecular complexity index is 1280. The number of hydrogen-bond donors (Lipinski definition) is 2.